The van der Waals surface area contributed by atoms with E-state index in [9.17, 15) is 9.59 Å². The van der Waals surface area contributed by atoms with Crippen LogP contribution in [0.4, 0.5) is 0 Å². The quantitative estimate of drug-likeness (QED) is 0.340. The van der Waals surface area contributed by atoms with Crippen LogP contribution in [-0.2, 0) is 42.7 Å². The van der Waals surface area contributed by atoms with E-state index < -0.39 is 12.3 Å². The van der Waals surface area contributed by atoms with Crippen molar-refractivity contribution in [3.8, 4) is 0 Å². The van der Waals surface area contributed by atoms with Crippen LogP contribution in [0.1, 0.15) is 28.3 Å². The Kier molecular flexibility index (Phi) is 14.9. The van der Waals surface area contributed by atoms with Crippen LogP contribution in [0, 0.1) is 0 Å². The van der Waals surface area contributed by atoms with Gasteiger partial charge in [0, 0.05) is 25.4 Å². The first-order chi connectivity index (χ1) is 19.6. The Morgan fingerprint density at radius 3 is 2.05 bits per heavy atom. The molecule has 3 rings (SSSR count). The Balaban J connectivity index is 1.72. The number of amides is 1. The normalized spacial score (nSPS) is 21.9. The van der Waals surface area contributed by atoms with E-state index in [0.717, 1.165) is 5.56 Å². The minimum atomic E-state index is -0.697. The Hall–Kier alpha value is -2.58. The number of rotatable bonds is 9. The van der Waals surface area contributed by atoms with Crippen LogP contribution < -0.4 is 0 Å². The first-order valence-electron chi connectivity index (χ1n) is 13.6. The number of ether oxygens (including phenoxy) is 8. The van der Waals surface area contributed by atoms with Crippen LogP contribution in [0.2, 0.25) is 0 Å². The van der Waals surface area contributed by atoms with Gasteiger partial charge < -0.3 is 47.9 Å². The van der Waals surface area contributed by atoms with Gasteiger partial charge in [-0.05, 0) is 23.8 Å². The molecule has 0 spiro atoms. The highest BCUT2D eigenvalue weighted by Crippen LogP contribution is 2.32. The maximum atomic E-state index is 13.7. The van der Waals surface area contributed by atoms with Gasteiger partial charge in [-0.15, -0.1) is 0 Å². The first kappa shape index (κ1) is 31.9. The van der Waals surface area contributed by atoms with Gasteiger partial charge in [-0.1, -0.05) is 12.1 Å². The van der Waals surface area contributed by atoms with E-state index in [2.05, 4.69) is 0 Å². The van der Waals surface area contributed by atoms with Gasteiger partial charge >= 0.3 is 5.97 Å². The van der Waals surface area contributed by atoms with Gasteiger partial charge in [0.25, 0.3) is 5.91 Å². The smallest absolute Gasteiger partial charge is 0.337 e. The Morgan fingerprint density at radius 2 is 1.48 bits per heavy atom. The molecule has 12 heteroatoms. The fourth-order valence-electron chi connectivity index (χ4n) is 4.11. The summed E-state index contributed by atoms with van der Waals surface area (Å²) in [4.78, 5) is 27.2. The molecule has 224 valence electrons. The van der Waals surface area contributed by atoms with Gasteiger partial charge in [0.1, 0.15) is 0 Å². The number of carbonyl (C=O) groups excluding carboxylic acids is 2. The molecule has 0 aliphatic carbocycles. The van der Waals surface area contributed by atoms with Crippen molar-refractivity contribution in [3.05, 3.63) is 47.2 Å². The zero-order chi connectivity index (χ0) is 28.4. The molecule has 1 amide bonds. The molecule has 40 heavy (non-hydrogen) atoms. The summed E-state index contributed by atoms with van der Waals surface area (Å²) in [5, 5.41) is 8.90. The topological polar surface area (TPSA) is 131 Å². The molecule has 12 nitrogen and oxygen atoms in total. The standard InChI is InChI=1S/C28H41NO11/c1-33-28(32)23-4-2-22(3-5-23)24-20-25(40-26(21-24)39-19-18-36-11-8-30)27(31)29-6-9-34-12-14-37-16-17-38-15-13-35-10-7-29/h2-5,20,24,26,30H,6-19,21H2,1H3/t24-,26+/m1/s1. The summed E-state index contributed by atoms with van der Waals surface area (Å²) in [6.45, 7) is 4.70. The van der Waals surface area contributed by atoms with E-state index in [0.29, 0.717) is 77.9 Å². The highest BCUT2D eigenvalue weighted by atomic mass is 16.7. The molecule has 0 unspecified atom stereocenters. The van der Waals surface area contributed by atoms with E-state index >= 15 is 0 Å². The summed E-state index contributed by atoms with van der Waals surface area (Å²) in [6, 6.07) is 7.04. The molecule has 2 aliphatic heterocycles. The van der Waals surface area contributed by atoms with Crippen LogP contribution in [0.5, 0.6) is 0 Å². The number of esters is 1. The molecule has 1 aromatic rings. The van der Waals surface area contributed by atoms with Crippen molar-refractivity contribution in [2.75, 3.05) is 99.5 Å². The van der Waals surface area contributed by atoms with Crippen LogP contribution in [0.25, 0.3) is 0 Å². The molecule has 1 saturated heterocycles. The van der Waals surface area contributed by atoms with Crippen molar-refractivity contribution in [1.29, 1.82) is 0 Å². The van der Waals surface area contributed by atoms with Gasteiger partial charge in [0.2, 0.25) is 6.29 Å². The van der Waals surface area contributed by atoms with E-state index in [4.69, 9.17) is 43.0 Å². The van der Waals surface area contributed by atoms with Gasteiger partial charge in [0.15, 0.2) is 5.76 Å². The number of aliphatic hydroxyl groups excluding tert-OH is 1. The highest BCUT2D eigenvalue weighted by molar-refractivity contribution is 5.92. The molecule has 2 atom stereocenters. The summed E-state index contributed by atoms with van der Waals surface area (Å²) in [5.41, 5.74) is 1.33. The number of nitrogens with zero attached hydrogens (tertiary/aromatic N) is 1. The van der Waals surface area contributed by atoms with Crippen molar-refractivity contribution in [1.82, 2.24) is 4.90 Å². The van der Waals surface area contributed by atoms with Crippen LogP contribution in [0.15, 0.2) is 36.1 Å². The first-order valence-corrected chi connectivity index (χ1v) is 13.6. The summed E-state index contributed by atoms with van der Waals surface area (Å²) >= 11 is 0. The second-order valence-electron chi connectivity index (χ2n) is 8.98. The number of aliphatic hydroxyl groups is 1. The average molecular weight is 568 g/mol. The summed E-state index contributed by atoms with van der Waals surface area (Å²) in [7, 11) is 1.33. The molecular formula is C28H41NO11. The predicted molar refractivity (Wildman–Crippen MR) is 142 cm³/mol. The fraction of sp³-hybridized carbons (Fsp3) is 0.643. The minimum absolute atomic E-state index is 0.0751. The average Bonchev–Trinajstić information content (AvgIpc) is 3.00. The van der Waals surface area contributed by atoms with Crippen LogP contribution in [0.3, 0.4) is 0 Å². The SMILES string of the molecule is COC(=O)c1ccc([C@@H]2C=C(C(=O)N3CCOCCOCCOCCOCC3)O[C@H](OCCOCCO)C2)cc1. The second kappa shape index (κ2) is 18.7. The number of methoxy groups -OCH3 is 1. The van der Waals surface area contributed by atoms with Crippen molar-refractivity contribution in [3.63, 3.8) is 0 Å². The van der Waals surface area contributed by atoms with Crippen molar-refractivity contribution in [2.24, 2.45) is 0 Å². The highest BCUT2D eigenvalue weighted by Gasteiger charge is 2.31. The molecule has 2 heterocycles. The minimum Gasteiger partial charge on any atom is -0.465 e. The van der Waals surface area contributed by atoms with Gasteiger partial charge in [0.05, 0.1) is 92.0 Å². The van der Waals surface area contributed by atoms with Crippen molar-refractivity contribution >= 4 is 11.9 Å². The summed E-state index contributed by atoms with van der Waals surface area (Å²) in [5.74, 6) is -0.758. The van der Waals surface area contributed by atoms with E-state index in [1.54, 1.807) is 23.1 Å². The number of benzene rings is 1. The zero-order valence-corrected chi connectivity index (χ0v) is 23.1. The lowest BCUT2D eigenvalue weighted by atomic mass is 9.92. The van der Waals surface area contributed by atoms with Crippen LogP contribution >= 0.6 is 0 Å². The molecule has 2 aliphatic rings. The largest absolute Gasteiger partial charge is 0.465 e. The number of hydrogen-bond acceptors (Lipinski definition) is 11. The van der Waals surface area contributed by atoms with Gasteiger partial charge in [-0.2, -0.15) is 0 Å². The third-order valence-electron chi connectivity index (χ3n) is 6.21. The van der Waals surface area contributed by atoms with Crippen molar-refractivity contribution < 1.29 is 52.6 Å². The lowest BCUT2D eigenvalue weighted by Crippen LogP contribution is -2.40. The maximum Gasteiger partial charge on any atom is 0.337 e. The Bertz CT molecular complexity index is 892. The molecule has 1 N–H and O–H groups in total. The molecular weight excluding hydrogens is 526 g/mol. The number of hydrogen-bond donors (Lipinski definition) is 1. The van der Waals surface area contributed by atoms with E-state index in [-0.39, 0.29) is 44.0 Å². The number of allylic oxidation sites excluding steroid dienone is 1. The number of carbonyl (C=O) groups is 2. The lowest BCUT2D eigenvalue weighted by molar-refractivity contribution is -0.157. The van der Waals surface area contributed by atoms with Gasteiger partial charge in [-0.3, -0.25) is 4.79 Å². The monoisotopic (exact) mass is 567 g/mol. The Morgan fingerprint density at radius 1 is 0.875 bits per heavy atom. The Labute approximate surface area is 235 Å². The maximum absolute atomic E-state index is 13.7. The summed E-state index contributed by atoms with van der Waals surface area (Å²) < 4.78 is 44.2. The predicted octanol–water partition coefficient (Wildman–Crippen LogP) is 1.12. The fourth-order valence-corrected chi connectivity index (χ4v) is 4.11. The second-order valence-corrected chi connectivity index (χ2v) is 8.98. The molecule has 0 aromatic heterocycles. The van der Waals surface area contributed by atoms with E-state index in [1.165, 1.54) is 7.11 Å². The molecule has 0 bridgehead atoms. The van der Waals surface area contributed by atoms with Gasteiger partial charge in [-0.25, -0.2) is 4.79 Å². The third kappa shape index (κ3) is 11.1. The third-order valence-corrected chi connectivity index (χ3v) is 6.21. The molecule has 0 saturated carbocycles. The lowest BCUT2D eigenvalue weighted by Gasteiger charge is -2.32. The van der Waals surface area contributed by atoms with E-state index in [1.807, 2.05) is 12.1 Å². The zero-order valence-electron chi connectivity index (χ0n) is 23.1. The molecule has 0 radical (unpaired) electrons. The van der Waals surface area contributed by atoms with Crippen LogP contribution in [-0.4, -0.2) is 128 Å². The molecule has 1 aromatic carbocycles. The summed E-state index contributed by atoms with van der Waals surface area (Å²) in [6.07, 6.45) is 1.55. The molecule has 1 fully saturated rings. The van der Waals surface area contributed by atoms with Crippen molar-refractivity contribution in [2.45, 2.75) is 18.6 Å².